The number of aromatic nitrogens is 1. The van der Waals surface area contributed by atoms with Crippen LogP contribution in [0, 0.1) is 11.6 Å². The van der Waals surface area contributed by atoms with Gasteiger partial charge in [-0.05, 0) is 6.07 Å². The second kappa shape index (κ2) is 5.50. The molecule has 1 aromatic carbocycles. The molecular formula is C12H7Cl2F2NO. The zero-order chi connectivity index (χ0) is 13.1. The lowest BCUT2D eigenvalue weighted by molar-refractivity contribution is 0.450. The minimum atomic E-state index is -0.725. The largest absolute Gasteiger partial charge is 0.439 e. The van der Waals surface area contributed by atoms with Crippen LogP contribution in [0.5, 0.6) is 11.6 Å². The van der Waals surface area contributed by atoms with Crippen molar-refractivity contribution in [2.45, 2.75) is 5.88 Å². The van der Waals surface area contributed by atoms with E-state index in [2.05, 4.69) is 4.98 Å². The Kier molecular flexibility index (Phi) is 3.99. The van der Waals surface area contributed by atoms with E-state index in [9.17, 15) is 8.78 Å². The molecule has 94 valence electrons. The number of rotatable bonds is 3. The number of hydrogen-bond donors (Lipinski definition) is 0. The maximum absolute atomic E-state index is 13.0. The molecule has 0 aliphatic rings. The topological polar surface area (TPSA) is 22.1 Å². The van der Waals surface area contributed by atoms with Crippen LogP contribution < -0.4 is 4.74 Å². The molecule has 18 heavy (non-hydrogen) atoms. The van der Waals surface area contributed by atoms with Gasteiger partial charge in [0.1, 0.15) is 17.4 Å². The van der Waals surface area contributed by atoms with Gasteiger partial charge in [-0.15, -0.1) is 11.6 Å². The van der Waals surface area contributed by atoms with Crippen molar-refractivity contribution in [2.75, 3.05) is 0 Å². The Morgan fingerprint density at radius 3 is 2.39 bits per heavy atom. The van der Waals surface area contributed by atoms with E-state index in [-0.39, 0.29) is 17.5 Å². The van der Waals surface area contributed by atoms with E-state index in [1.54, 1.807) is 6.07 Å². The first-order valence-electron chi connectivity index (χ1n) is 4.94. The highest BCUT2D eigenvalue weighted by atomic mass is 35.5. The van der Waals surface area contributed by atoms with Crippen molar-refractivity contribution in [3.8, 4) is 11.6 Å². The molecule has 6 heteroatoms. The third kappa shape index (κ3) is 3.09. The lowest BCUT2D eigenvalue weighted by Gasteiger charge is -2.07. The molecule has 2 nitrogen and oxygen atoms in total. The Labute approximate surface area is 112 Å². The normalized spacial score (nSPS) is 10.4. The summed E-state index contributed by atoms with van der Waals surface area (Å²) in [7, 11) is 0. The Morgan fingerprint density at radius 1 is 1.11 bits per heavy atom. The maximum Gasteiger partial charge on any atom is 0.219 e. The third-order valence-electron chi connectivity index (χ3n) is 2.08. The molecule has 1 heterocycles. The molecule has 0 atom stereocenters. The molecule has 2 rings (SSSR count). The third-order valence-corrected chi connectivity index (χ3v) is 2.68. The molecule has 0 N–H and O–H groups in total. The van der Waals surface area contributed by atoms with E-state index in [1.165, 1.54) is 6.07 Å². The van der Waals surface area contributed by atoms with Crippen molar-refractivity contribution in [1.82, 2.24) is 4.98 Å². The summed E-state index contributed by atoms with van der Waals surface area (Å²) in [6, 6.07) is 5.91. The standard InChI is InChI=1S/C12H7Cl2F2NO/c13-6-11-10(14)1-2-12(17-11)18-9-4-7(15)3-8(16)5-9/h1-5H,6H2. The molecular weight excluding hydrogens is 283 g/mol. The highest BCUT2D eigenvalue weighted by Gasteiger charge is 2.07. The van der Waals surface area contributed by atoms with E-state index < -0.39 is 11.6 Å². The lowest BCUT2D eigenvalue weighted by atomic mass is 10.3. The summed E-state index contributed by atoms with van der Waals surface area (Å²) in [6.07, 6.45) is 0. The summed E-state index contributed by atoms with van der Waals surface area (Å²) in [6.45, 7) is 0. The predicted molar refractivity (Wildman–Crippen MR) is 65.2 cm³/mol. The van der Waals surface area contributed by atoms with Crippen molar-refractivity contribution < 1.29 is 13.5 Å². The molecule has 0 aliphatic heterocycles. The summed E-state index contributed by atoms with van der Waals surface area (Å²) in [5, 5.41) is 0.405. The van der Waals surface area contributed by atoms with Crippen LogP contribution in [0.2, 0.25) is 5.02 Å². The molecule has 1 aromatic heterocycles. The van der Waals surface area contributed by atoms with Crippen LogP contribution in [0.3, 0.4) is 0 Å². The van der Waals surface area contributed by atoms with Crippen LogP contribution in [0.15, 0.2) is 30.3 Å². The van der Waals surface area contributed by atoms with Crippen molar-refractivity contribution in [2.24, 2.45) is 0 Å². The Bertz CT molecular complexity index is 558. The number of pyridine rings is 1. The van der Waals surface area contributed by atoms with E-state index in [4.69, 9.17) is 27.9 Å². The summed E-state index contributed by atoms with van der Waals surface area (Å²) in [5.41, 5.74) is 0.438. The molecule has 0 saturated carbocycles. The molecule has 0 amide bonds. The van der Waals surface area contributed by atoms with Crippen LogP contribution in [0.25, 0.3) is 0 Å². The quantitative estimate of drug-likeness (QED) is 0.774. The van der Waals surface area contributed by atoms with Gasteiger partial charge in [0.25, 0.3) is 0 Å². The molecule has 0 saturated heterocycles. The number of benzene rings is 1. The van der Waals surface area contributed by atoms with Crippen LogP contribution in [-0.2, 0) is 5.88 Å². The molecule has 0 radical (unpaired) electrons. The lowest BCUT2D eigenvalue weighted by Crippen LogP contribution is -1.93. The predicted octanol–water partition coefficient (Wildman–Crippen LogP) is 4.54. The molecule has 0 spiro atoms. The van der Waals surface area contributed by atoms with E-state index in [1.807, 2.05) is 0 Å². The fourth-order valence-corrected chi connectivity index (χ4v) is 1.77. The van der Waals surface area contributed by atoms with Crippen molar-refractivity contribution in [3.05, 3.63) is 52.7 Å². The molecule has 0 bridgehead atoms. The highest BCUT2D eigenvalue weighted by Crippen LogP contribution is 2.25. The fourth-order valence-electron chi connectivity index (χ4n) is 1.32. The SMILES string of the molecule is Fc1cc(F)cc(Oc2ccc(Cl)c(CCl)n2)c1. The van der Waals surface area contributed by atoms with Crippen LogP contribution >= 0.6 is 23.2 Å². The van der Waals surface area contributed by atoms with Gasteiger partial charge in [-0.25, -0.2) is 13.8 Å². The van der Waals surface area contributed by atoms with Crippen molar-refractivity contribution >= 4 is 23.2 Å². The van der Waals surface area contributed by atoms with Gasteiger partial charge in [0, 0.05) is 24.3 Å². The highest BCUT2D eigenvalue weighted by molar-refractivity contribution is 6.32. The van der Waals surface area contributed by atoms with Crippen LogP contribution in [0.1, 0.15) is 5.69 Å². The number of alkyl halides is 1. The summed E-state index contributed by atoms with van der Waals surface area (Å²) >= 11 is 11.5. The van der Waals surface area contributed by atoms with E-state index >= 15 is 0 Å². The van der Waals surface area contributed by atoms with Gasteiger partial charge in [-0.1, -0.05) is 11.6 Å². The van der Waals surface area contributed by atoms with Gasteiger partial charge in [0.15, 0.2) is 0 Å². The van der Waals surface area contributed by atoms with E-state index in [0.29, 0.717) is 10.7 Å². The average Bonchev–Trinajstić information content (AvgIpc) is 2.30. The number of halogens is 4. The van der Waals surface area contributed by atoms with Crippen molar-refractivity contribution in [3.63, 3.8) is 0 Å². The van der Waals surface area contributed by atoms with Gasteiger partial charge in [0.2, 0.25) is 5.88 Å². The number of hydrogen-bond acceptors (Lipinski definition) is 2. The molecule has 2 aromatic rings. The first-order valence-corrected chi connectivity index (χ1v) is 5.85. The molecule has 0 fully saturated rings. The second-order valence-corrected chi connectivity index (χ2v) is 4.09. The van der Waals surface area contributed by atoms with Gasteiger partial charge in [-0.2, -0.15) is 0 Å². The first kappa shape index (κ1) is 13.1. The average molecular weight is 290 g/mol. The van der Waals surface area contributed by atoms with Gasteiger partial charge >= 0.3 is 0 Å². The van der Waals surface area contributed by atoms with Crippen LogP contribution in [-0.4, -0.2) is 4.98 Å². The number of nitrogens with zero attached hydrogens (tertiary/aromatic N) is 1. The van der Waals surface area contributed by atoms with Gasteiger partial charge in [0.05, 0.1) is 16.6 Å². The Morgan fingerprint density at radius 2 is 1.78 bits per heavy atom. The summed E-state index contributed by atoms with van der Waals surface area (Å²) in [4.78, 5) is 4.01. The Hall–Kier alpha value is -1.39. The second-order valence-electron chi connectivity index (χ2n) is 3.42. The summed E-state index contributed by atoms with van der Waals surface area (Å²) < 4.78 is 31.1. The minimum Gasteiger partial charge on any atom is -0.439 e. The maximum atomic E-state index is 13.0. The Balaban J connectivity index is 2.28. The molecule has 0 unspecified atom stereocenters. The first-order chi connectivity index (χ1) is 8.58. The van der Waals surface area contributed by atoms with Crippen LogP contribution in [0.4, 0.5) is 8.78 Å². The van der Waals surface area contributed by atoms with E-state index in [0.717, 1.165) is 18.2 Å². The zero-order valence-electron chi connectivity index (χ0n) is 8.96. The number of ether oxygens (including phenoxy) is 1. The smallest absolute Gasteiger partial charge is 0.219 e. The van der Waals surface area contributed by atoms with Crippen molar-refractivity contribution in [1.29, 1.82) is 0 Å². The summed E-state index contributed by atoms with van der Waals surface area (Å²) in [5.74, 6) is -1.15. The molecule has 0 aliphatic carbocycles. The zero-order valence-corrected chi connectivity index (χ0v) is 10.5. The van der Waals surface area contributed by atoms with Gasteiger partial charge in [-0.3, -0.25) is 0 Å². The minimum absolute atomic E-state index is 0.0165. The monoisotopic (exact) mass is 289 g/mol. The fraction of sp³-hybridized carbons (Fsp3) is 0.0833. The van der Waals surface area contributed by atoms with Gasteiger partial charge < -0.3 is 4.74 Å².